The summed E-state index contributed by atoms with van der Waals surface area (Å²) >= 11 is 8.51. The quantitative estimate of drug-likeness (QED) is 0.385. The zero-order valence-corrected chi connectivity index (χ0v) is 13.6. The fourth-order valence-corrected chi connectivity index (χ4v) is 5.72. The van der Waals surface area contributed by atoms with Crippen LogP contribution >= 0.6 is 35.4 Å². The summed E-state index contributed by atoms with van der Waals surface area (Å²) in [5.41, 5.74) is 0. The molecular weight excluding hydrogens is 384 g/mol. The van der Waals surface area contributed by atoms with Crippen molar-refractivity contribution in [1.82, 2.24) is 0 Å². The normalized spacial score (nSPS) is 11.1. The van der Waals surface area contributed by atoms with Gasteiger partial charge in [-0.2, -0.15) is 0 Å². The van der Waals surface area contributed by atoms with E-state index < -0.39 is 0 Å². The second kappa shape index (κ2) is 4.15. The first kappa shape index (κ1) is 9.75. The number of anilines is 1. The molecule has 0 amide bonds. The van der Waals surface area contributed by atoms with E-state index >= 15 is 0 Å². The summed E-state index contributed by atoms with van der Waals surface area (Å²) in [6.07, 6.45) is 0. The van der Waals surface area contributed by atoms with E-state index in [0.29, 0.717) is 0 Å². The fraction of sp³-hybridized carbons (Fsp3) is 0. The summed E-state index contributed by atoms with van der Waals surface area (Å²) in [6.45, 7) is 0. The minimum absolute atomic E-state index is 0.0700. The predicted molar refractivity (Wildman–Crippen MR) is 59.7 cm³/mol. The van der Waals surface area contributed by atoms with Gasteiger partial charge in [-0.05, 0) is 0 Å². The zero-order valence-electron chi connectivity index (χ0n) is 6.25. The summed E-state index contributed by atoms with van der Waals surface area (Å²) in [7, 11) is 0. The molecule has 0 aromatic carbocycles. The van der Waals surface area contributed by atoms with Crippen molar-refractivity contribution in [2.24, 2.45) is 0 Å². The zero-order chi connectivity index (χ0) is 8.55. The number of halogens is 2. The van der Waals surface area contributed by atoms with E-state index in [2.05, 4.69) is 32.3 Å². The molecule has 0 aliphatic rings. The van der Waals surface area contributed by atoms with Crippen LogP contribution in [0.5, 0.6) is 0 Å². The van der Waals surface area contributed by atoms with Crippen LogP contribution in [0.4, 0.5) is 5.00 Å². The van der Waals surface area contributed by atoms with Crippen molar-refractivity contribution in [2.75, 3.05) is 2.10 Å². The molecule has 0 atom stereocenters. The molecule has 0 unspecified atom stereocenters. The average molecular weight is 389 g/mol. The Hall–Kier alpha value is 1.20. The third kappa shape index (κ3) is 1.84. The van der Waals surface area contributed by atoms with Crippen molar-refractivity contribution >= 4 is 66.3 Å². The number of fused-ring (bicyclic) bond motifs is 1. The average Bonchev–Trinajstić information content (AvgIpc) is 2.60. The molecule has 2 rings (SSSR count). The third-order valence-corrected chi connectivity index (χ3v) is 13.0. The first-order valence-electron chi connectivity index (χ1n) is 3.28. The monoisotopic (exact) mass is 388 g/mol. The molecule has 0 saturated heterocycles. The first-order valence-corrected chi connectivity index (χ1v) is 11.7. The Morgan fingerprint density at radius 2 is 2.33 bits per heavy atom. The molecule has 0 bridgehead atoms. The van der Waals surface area contributed by atoms with E-state index in [0.717, 1.165) is 16.5 Å². The Morgan fingerprint density at radius 3 is 3.00 bits per heavy atom. The van der Waals surface area contributed by atoms with Crippen LogP contribution in [-0.4, -0.2) is 16.5 Å². The fourth-order valence-electron chi connectivity index (χ4n) is 0.936. The summed E-state index contributed by atoms with van der Waals surface area (Å²) in [5, 5.41) is 3.60. The van der Waals surface area contributed by atoms with E-state index in [1.54, 1.807) is 0 Å². The Labute approximate surface area is 104 Å². The molecular formula is C6H5AlBrINS2-. The van der Waals surface area contributed by atoms with E-state index in [9.17, 15) is 0 Å². The van der Waals surface area contributed by atoms with Crippen molar-refractivity contribution < 1.29 is 19.3 Å². The number of nitrogens with zero attached hydrogens (tertiary/aromatic N) is 1. The standard InChI is InChI=1S/C6H3BrINS2.Al.2H/c7-8-9-6-3-5-4(11-6)1-2-10-5;;;/h1-3H;;;/q-2;+1;;. The van der Waals surface area contributed by atoms with Gasteiger partial charge in [-0.15, -0.1) is 0 Å². The van der Waals surface area contributed by atoms with Gasteiger partial charge in [0.2, 0.25) is 0 Å². The molecule has 64 valence electrons. The van der Waals surface area contributed by atoms with Crippen LogP contribution in [-0.2, 0) is 0 Å². The van der Waals surface area contributed by atoms with Gasteiger partial charge < -0.3 is 0 Å². The van der Waals surface area contributed by atoms with E-state index in [-0.39, 0.29) is 19.3 Å². The molecule has 12 heavy (non-hydrogen) atoms. The molecule has 0 spiro atoms. The molecule has 2 aromatic heterocycles. The van der Waals surface area contributed by atoms with Gasteiger partial charge in [0.1, 0.15) is 0 Å². The molecule has 6 heteroatoms. The number of rotatable bonds is 2. The molecule has 0 radical (unpaired) electrons. The summed E-state index contributed by atoms with van der Waals surface area (Å²) in [4.78, 5) is 0. The molecule has 2 heterocycles. The van der Waals surface area contributed by atoms with Crippen LogP contribution in [0.3, 0.4) is 0 Å². The number of thiophene rings is 2. The van der Waals surface area contributed by atoms with Crippen molar-refractivity contribution in [1.29, 1.82) is 0 Å². The second-order valence-corrected chi connectivity index (χ2v) is 10.6. The molecule has 0 aliphatic carbocycles. The van der Waals surface area contributed by atoms with Crippen molar-refractivity contribution in [2.45, 2.75) is 0 Å². The summed E-state index contributed by atoms with van der Waals surface area (Å²) in [5.74, 6) is 0. The summed E-state index contributed by atoms with van der Waals surface area (Å²) in [6, 6.07) is 4.51. The molecule has 1 nitrogen and oxygen atoms in total. The van der Waals surface area contributed by atoms with E-state index in [1.165, 1.54) is 14.4 Å². The molecule has 0 aliphatic heterocycles. The topological polar surface area (TPSA) is 3.24 Å². The van der Waals surface area contributed by atoms with Crippen LogP contribution in [0.25, 0.3) is 9.40 Å². The first-order chi connectivity index (χ1) is 5.81. The minimum atomic E-state index is 0.0700. The molecule has 2 aromatic rings. The van der Waals surface area contributed by atoms with Crippen molar-refractivity contribution in [3.8, 4) is 0 Å². The molecule has 0 N–H and O–H groups in total. The van der Waals surface area contributed by atoms with Crippen LogP contribution in [0.15, 0.2) is 17.5 Å². The molecule has 0 saturated carbocycles. The van der Waals surface area contributed by atoms with Crippen LogP contribution < -0.4 is 21.4 Å². The summed E-state index contributed by atoms with van der Waals surface area (Å²) < 4.78 is 5.30. The second-order valence-electron chi connectivity index (χ2n) is 2.27. The van der Waals surface area contributed by atoms with Crippen molar-refractivity contribution in [3.05, 3.63) is 17.5 Å². The van der Waals surface area contributed by atoms with Crippen LogP contribution in [0.1, 0.15) is 0 Å². The van der Waals surface area contributed by atoms with E-state index in [4.69, 9.17) is 0 Å². The van der Waals surface area contributed by atoms with Gasteiger partial charge in [0, 0.05) is 0 Å². The number of hydrogen-bond acceptors (Lipinski definition) is 3. The molecule has 0 fully saturated rings. The van der Waals surface area contributed by atoms with Gasteiger partial charge >= 0.3 is 105 Å². The van der Waals surface area contributed by atoms with Gasteiger partial charge in [0.05, 0.1) is 0 Å². The Bertz CT molecular complexity index is 359. The van der Waals surface area contributed by atoms with Gasteiger partial charge in [0.25, 0.3) is 0 Å². The maximum absolute atomic E-state index is 3.58. The van der Waals surface area contributed by atoms with Crippen molar-refractivity contribution in [3.63, 3.8) is 0 Å². The Morgan fingerprint density at radius 1 is 1.50 bits per heavy atom. The van der Waals surface area contributed by atoms with Gasteiger partial charge in [-0.1, -0.05) is 0 Å². The Kier molecular flexibility index (Phi) is 3.37. The van der Waals surface area contributed by atoms with E-state index in [1.807, 2.05) is 22.7 Å². The third-order valence-electron chi connectivity index (χ3n) is 1.53. The Balaban J connectivity index is 2.44. The van der Waals surface area contributed by atoms with Gasteiger partial charge in [-0.3, -0.25) is 0 Å². The van der Waals surface area contributed by atoms with Crippen LogP contribution in [0, 0.1) is 0 Å². The van der Waals surface area contributed by atoms with Gasteiger partial charge in [0.15, 0.2) is 0 Å². The SMILES string of the molecule is [AlH2][N]([I-]Br)c1cc2sccc2s1. The maximum atomic E-state index is 3.58. The number of hydrogen-bond donors (Lipinski definition) is 0. The van der Waals surface area contributed by atoms with Crippen LogP contribution in [0.2, 0.25) is 0 Å². The van der Waals surface area contributed by atoms with Gasteiger partial charge in [-0.25, -0.2) is 0 Å². The predicted octanol–water partition coefficient (Wildman–Crippen LogP) is -0.369.